The molecule has 0 heterocycles. The van der Waals surface area contributed by atoms with Crippen LogP contribution in [-0.4, -0.2) is 12.6 Å². The Morgan fingerprint density at radius 3 is 2.50 bits per heavy atom. The smallest absolute Gasteiger partial charge is 0.00978 e. The maximum atomic E-state index is 3.80. The van der Waals surface area contributed by atoms with Crippen LogP contribution >= 0.6 is 0 Å². The molecule has 1 nitrogen and oxygen atoms in total. The molecule has 0 aliphatic heterocycles. The van der Waals surface area contributed by atoms with Gasteiger partial charge in [0.05, 0.1) is 0 Å². The molecule has 1 saturated carbocycles. The predicted octanol–water partition coefficient (Wildman–Crippen LogP) is 4.37. The van der Waals surface area contributed by atoms with E-state index in [2.05, 4.69) is 26.1 Å². The normalized spacial score (nSPS) is 27.2. The molecule has 1 fully saturated rings. The third kappa shape index (κ3) is 4.45. The van der Waals surface area contributed by atoms with E-state index in [0.717, 1.165) is 17.9 Å². The fraction of sp³-hybridized carbons (Fsp3) is 1.00. The van der Waals surface area contributed by atoms with Crippen LogP contribution in [0.4, 0.5) is 0 Å². The Bertz CT molecular complexity index is 167. The molecule has 1 aliphatic rings. The second-order valence-corrected chi connectivity index (χ2v) is 5.63. The van der Waals surface area contributed by atoms with E-state index in [1.165, 1.54) is 57.9 Å². The lowest BCUT2D eigenvalue weighted by Gasteiger charge is -2.28. The molecule has 1 aliphatic carbocycles. The first-order valence-electron chi connectivity index (χ1n) is 7.53. The zero-order valence-corrected chi connectivity index (χ0v) is 11.6. The molecular weight excluding hydrogens is 194 g/mol. The molecular formula is C15H31N. The van der Waals surface area contributed by atoms with Crippen molar-refractivity contribution in [3.63, 3.8) is 0 Å². The second kappa shape index (κ2) is 8.11. The summed E-state index contributed by atoms with van der Waals surface area (Å²) < 4.78 is 0. The molecule has 0 radical (unpaired) electrons. The van der Waals surface area contributed by atoms with Gasteiger partial charge in [0.1, 0.15) is 0 Å². The average molecular weight is 225 g/mol. The van der Waals surface area contributed by atoms with Crippen LogP contribution in [0.5, 0.6) is 0 Å². The number of rotatable bonds is 8. The van der Waals surface area contributed by atoms with Crippen LogP contribution < -0.4 is 5.32 Å². The van der Waals surface area contributed by atoms with Crippen LogP contribution in [0.15, 0.2) is 0 Å². The van der Waals surface area contributed by atoms with Crippen LogP contribution in [0, 0.1) is 11.8 Å². The lowest BCUT2D eigenvalue weighted by molar-refractivity contribution is 0.278. The van der Waals surface area contributed by atoms with Gasteiger partial charge in [-0.2, -0.15) is 0 Å². The molecule has 0 saturated heterocycles. The van der Waals surface area contributed by atoms with E-state index in [1.807, 2.05) is 0 Å². The SMILES string of the molecule is CCCCCC(NCCC)C1CCCC1C. The summed E-state index contributed by atoms with van der Waals surface area (Å²) in [4.78, 5) is 0. The largest absolute Gasteiger partial charge is 0.314 e. The first kappa shape index (κ1) is 14.0. The average Bonchev–Trinajstić information content (AvgIpc) is 2.70. The fourth-order valence-electron chi connectivity index (χ4n) is 3.18. The van der Waals surface area contributed by atoms with Crippen LogP contribution in [0.3, 0.4) is 0 Å². The molecule has 16 heavy (non-hydrogen) atoms. The highest BCUT2D eigenvalue weighted by atomic mass is 14.9. The zero-order chi connectivity index (χ0) is 11.8. The van der Waals surface area contributed by atoms with Crippen molar-refractivity contribution in [3.8, 4) is 0 Å². The molecule has 1 N–H and O–H groups in total. The summed E-state index contributed by atoms with van der Waals surface area (Å²) in [6.45, 7) is 8.24. The minimum absolute atomic E-state index is 0.809. The van der Waals surface area contributed by atoms with Crippen molar-refractivity contribution < 1.29 is 0 Å². The predicted molar refractivity (Wildman–Crippen MR) is 72.7 cm³/mol. The van der Waals surface area contributed by atoms with Gasteiger partial charge < -0.3 is 5.32 Å². The summed E-state index contributed by atoms with van der Waals surface area (Å²) in [5, 5.41) is 3.80. The van der Waals surface area contributed by atoms with Gasteiger partial charge in [0.25, 0.3) is 0 Å². The Hall–Kier alpha value is -0.0400. The van der Waals surface area contributed by atoms with Crippen molar-refractivity contribution in [1.82, 2.24) is 5.32 Å². The third-order valence-electron chi connectivity index (χ3n) is 4.22. The summed E-state index contributed by atoms with van der Waals surface area (Å²) in [5.41, 5.74) is 0. The van der Waals surface area contributed by atoms with E-state index >= 15 is 0 Å². The Balaban J connectivity index is 2.35. The van der Waals surface area contributed by atoms with Crippen molar-refractivity contribution in [2.75, 3.05) is 6.54 Å². The number of hydrogen-bond acceptors (Lipinski definition) is 1. The van der Waals surface area contributed by atoms with E-state index < -0.39 is 0 Å². The second-order valence-electron chi connectivity index (χ2n) is 5.63. The maximum Gasteiger partial charge on any atom is 0.00978 e. The van der Waals surface area contributed by atoms with Gasteiger partial charge in [0, 0.05) is 6.04 Å². The third-order valence-corrected chi connectivity index (χ3v) is 4.22. The molecule has 0 aromatic carbocycles. The molecule has 3 atom stereocenters. The molecule has 96 valence electrons. The molecule has 1 rings (SSSR count). The van der Waals surface area contributed by atoms with E-state index in [1.54, 1.807) is 0 Å². The summed E-state index contributed by atoms with van der Waals surface area (Å²) in [5.74, 6) is 1.92. The minimum atomic E-state index is 0.809. The van der Waals surface area contributed by atoms with Gasteiger partial charge in [-0.05, 0) is 37.6 Å². The van der Waals surface area contributed by atoms with E-state index in [4.69, 9.17) is 0 Å². The Morgan fingerprint density at radius 1 is 1.12 bits per heavy atom. The minimum Gasteiger partial charge on any atom is -0.314 e. The summed E-state index contributed by atoms with van der Waals surface area (Å²) in [7, 11) is 0. The van der Waals surface area contributed by atoms with Gasteiger partial charge in [-0.15, -0.1) is 0 Å². The van der Waals surface area contributed by atoms with Crippen molar-refractivity contribution in [2.24, 2.45) is 11.8 Å². The van der Waals surface area contributed by atoms with E-state index in [0.29, 0.717) is 0 Å². The molecule has 0 aromatic rings. The highest BCUT2D eigenvalue weighted by Gasteiger charge is 2.29. The fourth-order valence-corrected chi connectivity index (χ4v) is 3.18. The lowest BCUT2D eigenvalue weighted by Crippen LogP contribution is -2.37. The maximum absolute atomic E-state index is 3.80. The van der Waals surface area contributed by atoms with Crippen molar-refractivity contribution >= 4 is 0 Å². The standard InChI is InChI=1S/C15H31N/c1-4-6-7-11-15(16-12-5-2)14-10-8-9-13(14)3/h13-16H,4-12H2,1-3H3. The first-order chi connectivity index (χ1) is 7.79. The Kier molecular flexibility index (Phi) is 7.11. The summed E-state index contributed by atoms with van der Waals surface area (Å²) in [6, 6.07) is 0.809. The Morgan fingerprint density at radius 2 is 1.94 bits per heavy atom. The van der Waals surface area contributed by atoms with Crippen LogP contribution in [0.25, 0.3) is 0 Å². The highest BCUT2D eigenvalue weighted by molar-refractivity contribution is 4.84. The molecule has 0 aromatic heterocycles. The topological polar surface area (TPSA) is 12.0 Å². The molecule has 0 bridgehead atoms. The van der Waals surface area contributed by atoms with E-state index in [9.17, 15) is 0 Å². The van der Waals surface area contributed by atoms with Crippen molar-refractivity contribution in [3.05, 3.63) is 0 Å². The van der Waals surface area contributed by atoms with Crippen LogP contribution in [0.1, 0.15) is 72.1 Å². The molecule has 1 heteroatoms. The number of nitrogens with one attached hydrogen (secondary N) is 1. The summed E-state index contributed by atoms with van der Waals surface area (Å²) in [6.07, 6.45) is 11.2. The van der Waals surface area contributed by atoms with E-state index in [-0.39, 0.29) is 0 Å². The zero-order valence-electron chi connectivity index (χ0n) is 11.6. The number of hydrogen-bond donors (Lipinski definition) is 1. The van der Waals surface area contributed by atoms with Crippen molar-refractivity contribution in [1.29, 1.82) is 0 Å². The highest BCUT2D eigenvalue weighted by Crippen LogP contribution is 2.35. The van der Waals surface area contributed by atoms with Gasteiger partial charge in [-0.25, -0.2) is 0 Å². The molecule has 0 amide bonds. The van der Waals surface area contributed by atoms with Gasteiger partial charge in [0.15, 0.2) is 0 Å². The monoisotopic (exact) mass is 225 g/mol. The first-order valence-corrected chi connectivity index (χ1v) is 7.53. The van der Waals surface area contributed by atoms with Gasteiger partial charge >= 0.3 is 0 Å². The Labute approximate surface area is 102 Å². The van der Waals surface area contributed by atoms with Gasteiger partial charge in [-0.3, -0.25) is 0 Å². The molecule has 0 spiro atoms. The quantitative estimate of drug-likeness (QED) is 0.605. The van der Waals surface area contributed by atoms with Crippen molar-refractivity contribution in [2.45, 2.75) is 78.2 Å². The van der Waals surface area contributed by atoms with Gasteiger partial charge in [0.2, 0.25) is 0 Å². The number of unbranched alkanes of at least 4 members (excludes halogenated alkanes) is 2. The summed E-state index contributed by atoms with van der Waals surface area (Å²) >= 11 is 0. The molecule has 3 unspecified atom stereocenters. The van der Waals surface area contributed by atoms with Crippen LogP contribution in [-0.2, 0) is 0 Å². The lowest BCUT2D eigenvalue weighted by atomic mass is 9.87. The van der Waals surface area contributed by atoms with Crippen LogP contribution in [0.2, 0.25) is 0 Å². The van der Waals surface area contributed by atoms with Gasteiger partial charge in [-0.1, -0.05) is 52.9 Å².